The molecule has 1 saturated heterocycles. The summed E-state index contributed by atoms with van der Waals surface area (Å²) in [7, 11) is 0. The van der Waals surface area contributed by atoms with E-state index < -0.39 is 23.3 Å². The fraction of sp³-hybridized carbons (Fsp3) is 0.727. The molecule has 0 radical (unpaired) electrons. The number of halogens is 2. The summed E-state index contributed by atoms with van der Waals surface area (Å²) in [4.78, 5) is 35.2. The summed E-state index contributed by atoms with van der Waals surface area (Å²) >= 11 is 6.67. The molecule has 5 nitrogen and oxygen atoms in total. The van der Waals surface area contributed by atoms with Gasteiger partial charge in [-0.15, -0.1) is 0 Å². The van der Waals surface area contributed by atoms with Crippen LogP contribution in [-0.2, 0) is 9.59 Å². The second-order valence-corrected chi connectivity index (χ2v) is 6.17. The Morgan fingerprint density at radius 1 is 1.22 bits per heavy atom. The molecule has 0 aromatic rings. The Morgan fingerprint density at radius 2 is 1.72 bits per heavy atom. The number of hydrogen-bond donors (Lipinski definition) is 2. The number of amides is 4. The van der Waals surface area contributed by atoms with Crippen molar-refractivity contribution in [2.45, 2.75) is 31.5 Å². The number of hydrogen-bond acceptors (Lipinski definition) is 3. The predicted octanol–water partition coefficient (Wildman–Crippen LogP) is 1.93. The van der Waals surface area contributed by atoms with Crippen molar-refractivity contribution in [1.29, 1.82) is 0 Å². The van der Waals surface area contributed by atoms with Gasteiger partial charge in [-0.1, -0.05) is 52.1 Å². The Hall–Kier alpha value is -0.430. The van der Waals surface area contributed by atoms with Gasteiger partial charge in [-0.05, 0) is 12.3 Å². The summed E-state index contributed by atoms with van der Waals surface area (Å²) in [5.74, 6) is -1.23. The molecule has 0 aromatic heterocycles. The zero-order chi connectivity index (χ0) is 13.9. The molecular formula is C11H16Br2N2O3. The Bertz CT molecular complexity index is 353. The van der Waals surface area contributed by atoms with Crippen LogP contribution in [0.5, 0.6) is 0 Å². The largest absolute Gasteiger partial charge is 0.328 e. The van der Waals surface area contributed by atoms with Crippen LogP contribution in [0.2, 0.25) is 0 Å². The normalized spacial score (nSPS) is 22.1. The summed E-state index contributed by atoms with van der Waals surface area (Å²) in [6, 6.07) is -0.751. The van der Waals surface area contributed by atoms with Crippen molar-refractivity contribution in [2.75, 3.05) is 5.33 Å². The highest BCUT2D eigenvalue weighted by Gasteiger charge is 2.57. The van der Waals surface area contributed by atoms with Crippen molar-refractivity contribution in [3.63, 3.8) is 0 Å². The minimum absolute atomic E-state index is 0.169. The smallest absolute Gasteiger partial charge is 0.277 e. The highest BCUT2D eigenvalue weighted by molar-refractivity contribution is 9.12. The maximum Gasteiger partial charge on any atom is 0.328 e. The topological polar surface area (TPSA) is 75.3 Å². The fourth-order valence-electron chi connectivity index (χ4n) is 2.37. The molecule has 1 aliphatic heterocycles. The molecule has 2 unspecified atom stereocenters. The van der Waals surface area contributed by atoms with Crippen LogP contribution in [0.15, 0.2) is 0 Å². The maximum atomic E-state index is 12.2. The van der Waals surface area contributed by atoms with Gasteiger partial charge in [0, 0.05) is 10.2 Å². The van der Waals surface area contributed by atoms with E-state index in [0.717, 1.165) is 12.8 Å². The number of imide groups is 2. The van der Waals surface area contributed by atoms with Crippen molar-refractivity contribution in [2.24, 2.45) is 11.3 Å². The van der Waals surface area contributed by atoms with E-state index in [1.165, 1.54) is 0 Å². The molecular weight excluding hydrogens is 368 g/mol. The van der Waals surface area contributed by atoms with Crippen molar-refractivity contribution < 1.29 is 14.4 Å². The Balaban J connectivity index is 3.22. The van der Waals surface area contributed by atoms with E-state index in [4.69, 9.17) is 0 Å². The van der Waals surface area contributed by atoms with Crippen molar-refractivity contribution >= 4 is 49.7 Å². The number of urea groups is 1. The maximum absolute atomic E-state index is 12.2. The lowest BCUT2D eigenvalue weighted by atomic mass is 9.70. The first-order valence-corrected chi connectivity index (χ1v) is 7.81. The molecule has 0 spiro atoms. The third-order valence-corrected chi connectivity index (χ3v) is 5.90. The number of rotatable bonds is 5. The molecule has 0 aliphatic carbocycles. The molecule has 2 N–H and O–H groups in total. The van der Waals surface area contributed by atoms with Crippen LogP contribution in [0.25, 0.3) is 0 Å². The first kappa shape index (κ1) is 15.6. The van der Waals surface area contributed by atoms with E-state index in [1.54, 1.807) is 0 Å². The van der Waals surface area contributed by atoms with Gasteiger partial charge in [0.2, 0.25) is 11.8 Å². The number of alkyl halides is 2. The molecule has 18 heavy (non-hydrogen) atoms. The first-order chi connectivity index (χ1) is 8.41. The number of barbiturate groups is 1. The lowest BCUT2D eigenvalue weighted by molar-refractivity contribution is -0.147. The number of carbonyl (C=O) groups excluding carboxylic acids is 3. The van der Waals surface area contributed by atoms with Crippen molar-refractivity contribution in [1.82, 2.24) is 10.6 Å². The lowest BCUT2D eigenvalue weighted by Crippen LogP contribution is -2.68. The van der Waals surface area contributed by atoms with Gasteiger partial charge >= 0.3 is 6.03 Å². The molecule has 1 aliphatic rings. The van der Waals surface area contributed by atoms with Crippen LogP contribution in [0.3, 0.4) is 0 Å². The third kappa shape index (κ3) is 2.47. The zero-order valence-corrected chi connectivity index (χ0v) is 13.4. The predicted molar refractivity (Wildman–Crippen MR) is 74.7 cm³/mol. The first-order valence-electron chi connectivity index (χ1n) is 5.78. The van der Waals surface area contributed by atoms with E-state index in [0.29, 0.717) is 5.33 Å². The highest BCUT2D eigenvalue weighted by atomic mass is 79.9. The SMILES string of the molecule is CCCC(C)C1(C(Br)CBr)C(=O)NC(=O)NC1=O. The third-order valence-electron chi connectivity index (χ3n) is 3.33. The van der Waals surface area contributed by atoms with Crippen LogP contribution < -0.4 is 10.6 Å². The second kappa shape index (κ2) is 6.14. The Kier molecular flexibility index (Phi) is 5.33. The zero-order valence-electron chi connectivity index (χ0n) is 10.3. The van der Waals surface area contributed by atoms with Gasteiger partial charge in [-0.2, -0.15) is 0 Å². The highest BCUT2D eigenvalue weighted by Crippen LogP contribution is 2.41. The molecule has 0 saturated carbocycles. The molecule has 7 heteroatoms. The van der Waals surface area contributed by atoms with E-state index in [1.807, 2.05) is 13.8 Å². The summed E-state index contributed by atoms with van der Waals surface area (Å²) in [5, 5.41) is 4.83. The summed E-state index contributed by atoms with van der Waals surface area (Å²) in [6.07, 6.45) is 1.59. The number of carbonyl (C=O) groups is 3. The van der Waals surface area contributed by atoms with Crippen LogP contribution in [-0.4, -0.2) is 28.0 Å². The average Bonchev–Trinajstić information content (AvgIpc) is 2.28. The summed E-state index contributed by atoms with van der Waals surface area (Å²) in [6.45, 7) is 3.85. The summed E-state index contributed by atoms with van der Waals surface area (Å²) in [5.41, 5.74) is -1.26. The minimum Gasteiger partial charge on any atom is -0.277 e. The van der Waals surface area contributed by atoms with E-state index in [-0.39, 0.29) is 10.7 Å². The second-order valence-electron chi connectivity index (χ2n) is 4.42. The van der Waals surface area contributed by atoms with Gasteiger partial charge in [-0.25, -0.2) is 4.79 Å². The van der Waals surface area contributed by atoms with E-state index in [9.17, 15) is 14.4 Å². The number of nitrogens with one attached hydrogen (secondary N) is 2. The van der Waals surface area contributed by atoms with Gasteiger partial charge in [0.05, 0.1) is 0 Å². The lowest BCUT2D eigenvalue weighted by Gasteiger charge is -2.41. The Labute approximate surface area is 123 Å². The van der Waals surface area contributed by atoms with Crippen LogP contribution >= 0.6 is 31.9 Å². The quantitative estimate of drug-likeness (QED) is 0.562. The van der Waals surface area contributed by atoms with Gasteiger partial charge < -0.3 is 0 Å². The van der Waals surface area contributed by atoms with Gasteiger partial charge in [0.1, 0.15) is 5.41 Å². The molecule has 0 aromatic carbocycles. The van der Waals surface area contributed by atoms with Gasteiger partial charge in [-0.3, -0.25) is 20.2 Å². The molecule has 102 valence electrons. The standard InChI is InChI=1S/C11H16Br2N2O3/c1-3-4-6(2)11(7(13)5-12)8(16)14-10(18)15-9(11)17/h6-7H,3-5H2,1-2H3,(H2,14,15,16,17,18). The van der Waals surface area contributed by atoms with Crippen LogP contribution in [0, 0.1) is 11.3 Å². The molecule has 1 fully saturated rings. The minimum atomic E-state index is -1.26. The van der Waals surface area contributed by atoms with E-state index >= 15 is 0 Å². The molecule has 0 bridgehead atoms. The van der Waals surface area contributed by atoms with Crippen molar-refractivity contribution in [3.05, 3.63) is 0 Å². The average molecular weight is 384 g/mol. The van der Waals surface area contributed by atoms with Gasteiger partial charge in [0.15, 0.2) is 0 Å². The Morgan fingerprint density at radius 3 is 2.11 bits per heavy atom. The molecule has 4 amide bonds. The molecule has 1 heterocycles. The molecule has 1 rings (SSSR count). The van der Waals surface area contributed by atoms with Gasteiger partial charge in [0.25, 0.3) is 0 Å². The van der Waals surface area contributed by atoms with Crippen LogP contribution in [0.1, 0.15) is 26.7 Å². The van der Waals surface area contributed by atoms with E-state index in [2.05, 4.69) is 42.5 Å². The fourth-order valence-corrected chi connectivity index (χ4v) is 3.75. The molecule has 2 atom stereocenters. The van der Waals surface area contributed by atoms with Crippen LogP contribution in [0.4, 0.5) is 4.79 Å². The monoisotopic (exact) mass is 382 g/mol. The summed E-state index contributed by atoms with van der Waals surface area (Å²) < 4.78 is 0. The van der Waals surface area contributed by atoms with Crippen molar-refractivity contribution in [3.8, 4) is 0 Å².